The molecule has 0 aliphatic heterocycles. The summed E-state index contributed by atoms with van der Waals surface area (Å²) in [5, 5.41) is 0. The molecule has 1 aromatic rings. The Hall–Kier alpha value is -1.33. The van der Waals surface area contributed by atoms with Crippen LogP contribution in [0.1, 0.15) is 25.7 Å². The Balaban J connectivity index is 1.63. The van der Waals surface area contributed by atoms with Crippen molar-refractivity contribution in [1.29, 1.82) is 0 Å². The van der Waals surface area contributed by atoms with Crippen LogP contribution < -0.4 is 4.18 Å². The van der Waals surface area contributed by atoms with E-state index in [1.807, 2.05) is 18.2 Å². The first-order chi connectivity index (χ1) is 10.3. The van der Waals surface area contributed by atoms with Gasteiger partial charge in [-0.05, 0) is 49.7 Å². The summed E-state index contributed by atoms with van der Waals surface area (Å²) in [4.78, 5) is 0. The molecule has 1 saturated carbocycles. The minimum absolute atomic E-state index is 0.452. The second-order valence-electron chi connectivity index (χ2n) is 5.27. The zero-order valence-corrected chi connectivity index (χ0v) is 12.9. The van der Waals surface area contributed by atoms with Gasteiger partial charge in [-0.1, -0.05) is 24.8 Å². The third kappa shape index (κ3) is 5.89. The van der Waals surface area contributed by atoms with Crippen molar-refractivity contribution in [3.8, 4) is 5.75 Å². The van der Waals surface area contributed by atoms with E-state index in [0.29, 0.717) is 24.2 Å². The van der Waals surface area contributed by atoms with Gasteiger partial charge in [-0.3, -0.25) is 4.18 Å². The molecule has 0 spiro atoms. The highest BCUT2D eigenvalue weighted by Crippen LogP contribution is 2.29. The van der Waals surface area contributed by atoms with Crippen molar-refractivity contribution < 1.29 is 17.3 Å². The lowest BCUT2D eigenvalue weighted by molar-refractivity contribution is 0.129. The number of hydrogen-bond donors (Lipinski definition) is 0. The van der Waals surface area contributed by atoms with Gasteiger partial charge in [-0.25, -0.2) is 0 Å². The van der Waals surface area contributed by atoms with Gasteiger partial charge < -0.3 is 8.92 Å². The Labute approximate surface area is 129 Å². The minimum Gasteiger partial charge on any atom is -0.502 e. The van der Waals surface area contributed by atoms with Gasteiger partial charge >= 0.3 is 11.4 Å². The molecule has 1 atom stereocenters. The summed E-state index contributed by atoms with van der Waals surface area (Å²) in [5.41, 5.74) is 0. The maximum absolute atomic E-state index is 11.7. The smallest absolute Gasteiger partial charge is 0.360 e. The molecule has 1 aromatic carbocycles. The van der Waals surface area contributed by atoms with Crippen molar-refractivity contribution in [2.75, 3.05) is 13.2 Å². The average Bonchev–Trinajstić information content (AvgIpc) is 2.53. The molecule has 0 bridgehead atoms. The molecule has 0 amide bonds. The molecule has 0 heterocycles. The standard InChI is InChI=1S/C16H22O4S/c1-2-18-12-14-8-10-15(11-9-14)13-19-21(17)20-16-6-4-3-5-7-16/h2-7,14-15H,1,8-13H2. The van der Waals surface area contributed by atoms with Crippen LogP contribution in [-0.2, 0) is 20.3 Å². The second kappa shape index (κ2) is 8.85. The number of ether oxygens (including phenoxy) is 1. The molecule has 0 aromatic heterocycles. The maximum Gasteiger partial charge on any atom is 0.360 e. The summed E-state index contributed by atoms with van der Waals surface area (Å²) in [6.45, 7) is 4.78. The fraction of sp³-hybridized carbons (Fsp3) is 0.500. The normalized spacial score (nSPS) is 23.2. The van der Waals surface area contributed by atoms with E-state index in [2.05, 4.69) is 6.58 Å². The molecule has 1 aliphatic rings. The van der Waals surface area contributed by atoms with Crippen LogP contribution in [0, 0.1) is 11.8 Å². The molecular formula is C16H22O4S. The molecule has 1 fully saturated rings. The van der Waals surface area contributed by atoms with Crippen LogP contribution in [0.25, 0.3) is 0 Å². The largest absolute Gasteiger partial charge is 0.502 e. The Morgan fingerprint density at radius 3 is 2.33 bits per heavy atom. The summed E-state index contributed by atoms with van der Waals surface area (Å²) in [7, 11) is 0. The van der Waals surface area contributed by atoms with E-state index in [1.54, 1.807) is 12.1 Å². The van der Waals surface area contributed by atoms with Crippen molar-refractivity contribution >= 4 is 11.4 Å². The predicted molar refractivity (Wildman–Crippen MR) is 82.8 cm³/mol. The van der Waals surface area contributed by atoms with Gasteiger partial charge in [0.25, 0.3) is 0 Å². The van der Waals surface area contributed by atoms with Crippen LogP contribution in [0.15, 0.2) is 43.2 Å². The zero-order chi connectivity index (χ0) is 14.9. The fourth-order valence-electron chi connectivity index (χ4n) is 2.50. The van der Waals surface area contributed by atoms with Crippen molar-refractivity contribution in [2.45, 2.75) is 25.7 Å². The monoisotopic (exact) mass is 310 g/mol. The molecule has 5 heteroatoms. The highest BCUT2D eigenvalue weighted by atomic mass is 32.2. The van der Waals surface area contributed by atoms with Crippen molar-refractivity contribution in [3.63, 3.8) is 0 Å². The predicted octanol–water partition coefficient (Wildman–Crippen LogP) is 3.63. The molecule has 0 saturated heterocycles. The van der Waals surface area contributed by atoms with E-state index in [1.165, 1.54) is 6.26 Å². The van der Waals surface area contributed by atoms with Gasteiger partial charge in [-0.15, -0.1) is 0 Å². The molecule has 0 N–H and O–H groups in total. The second-order valence-corrected chi connectivity index (χ2v) is 6.08. The van der Waals surface area contributed by atoms with E-state index in [-0.39, 0.29) is 0 Å². The Bertz CT molecular complexity index is 441. The van der Waals surface area contributed by atoms with Gasteiger partial charge in [0.05, 0.1) is 19.5 Å². The molecule has 116 valence electrons. The lowest BCUT2D eigenvalue weighted by Gasteiger charge is -2.27. The highest BCUT2D eigenvalue weighted by molar-refractivity contribution is 7.75. The Kier molecular flexibility index (Phi) is 6.76. The molecule has 4 nitrogen and oxygen atoms in total. The molecule has 21 heavy (non-hydrogen) atoms. The lowest BCUT2D eigenvalue weighted by Crippen LogP contribution is -2.22. The molecular weight excluding hydrogens is 288 g/mol. The van der Waals surface area contributed by atoms with Gasteiger partial charge in [0.15, 0.2) is 0 Å². The third-order valence-electron chi connectivity index (χ3n) is 3.72. The summed E-state index contributed by atoms with van der Waals surface area (Å²) < 4.78 is 27.4. The first-order valence-electron chi connectivity index (χ1n) is 7.29. The first-order valence-corrected chi connectivity index (χ1v) is 8.29. The van der Waals surface area contributed by atoms with Crippen LogP contribution in [-0.4, -0.2) is 17.4 Å². The van der Waals surface area contributed by atoms with Gasteiger partial charge in [0.1, 0.15) is 5.75 Å². The van der Waals surface area contributed by atoms with Crippen LogP contribution in [0.3, 0.4) is 0 Å². The van der Waals surface area contributed by atoms with Crippen LogP contribution in [0.2, 0.25) is 0 Å². The van der Waals surface area contributed by atoms with Gasteiger partial charge in [0.2, 0.25) is 0 Å². The summed E-state index contributed by atoms with van der Waals surface area (Å²) in [6, 6.07) is 9.06. The number of rotatable bonds is 8. The Morgan fingerprint density at radius 1 is 1.10 bits per heavy atom. The summed E-state index contributed by atoms with van der Waals surface area (Å²) in [5.74, 6) is 1.61. The van der Waals surface area contributed by atoms with Gasteiger partial charge in [-0.2, -0.15) is 4.21 Å². The first kappa shape index (κ1) is 16.0. The highest BCUT2D eigenvalue weighted by Gasteiger charge is 2.22. The number of hydrogen-bond acceptors (Lipinski definition) is 4. The third-order valence-corrected chi connectivity index (χ3v) is 4.38. The minimum atomic E-state index is -1.72. The van der Waals surface area contributed by atoms with Crippen LogP contribution in [0.5, 0.6) is 5.75 Å². The molecule has 2 rings (SSSR count). The number of para-hydroxylation sites is 1. The van der Waals surface area contributed by atoms with E-state index in [9.17, 15) is 4.21 Å². The Morgan fingerprint density at radius 2 is 1.71 bits per heavy atom. The quantitative estimate of drug-likeness (QED) is 0.688. The SMILES string of the molecule is C=COCC1CCC(COS(=O)Oc2ccccc2)CC1. The topological polar surface area (TPSA) is 44.8 Å². The average molecular weight is 310 g/mol. The van der Waals surface area contributed by atoms with Crippen molar-refractivity contribution in [2.24, 2.45) is 11.8 Å². The molecule has 0 radical (unpaired) electrons. The lowest BCUT2D eigenvalue weighted by atomic mass is 9.83. The van der Waals surface area contributed by atoms with E-state index < -0.39 is 11.4 Å². The maximum atomic E-state index is 11.7. The fourth-order valence-corrected chi connectivity index (χ4v) is 3.12. The summed E-state index contributed by atoms with van der Waals surface area (Å²) in [6.07, 6.45) is 5.89. The van der Waals surface area contributed by atoms with Gasteiger partial charge in [0, 0.05) is 0 Å². The molecule has 1 unspecified atom stereocenters. The number of benzene rings is 1. The van der Waals surface area contributed by atoms with E-state index in [4.69, 9.17) is 13.1 Å². The van der Waals surface area contributed by atoms with Crippen LogP contribution >= 0.6 is 0 Å². The summed E-state index contributed by atoms with van der Waals surface area (Å²) >= 11 is -1.72. The van der Waals surface area contributed by atoms with E-state index >= 15 is 0 Å². The van der Waals surface area contributed by atoms with E-state index in [0.717, 1.165) is 32.3 Å². The van der Waals surface area contributed by atoms with Crippen molar-refractivity contribution in [1.82, 2.24) is 0 Å². The van der Waals surface area contributed by atoms with Crippen LogP contribution in [0.4, 0.5) is 0 Å². The molecule has 1 aliphatic carbocycles. The zero-order valence-electron chi connectivity index (χ0n) is 12.1. The van der Waals surface area contributed by atoms with Crippen molar-refractivity contribution in [3.05, 3.63) is 43.2 Å².